The number of thioether (sulfide) groups is 1. The van der Waals surface area contributed by atoms with Gasteiger partial charge in [0.15, 0.2) is 11.5 Å². The summed E-state index contributed by atoms with van der Waals surface area (Å²) in [6.45, 7) is 6.49. The van der Waals surface area contributed by atoms with Gasteiger partial charge in [-0.1, -0.05) is 29.8 Å². The number of benzene rings is 2. The van der Waals surface area contributed by atoms with Crippen LogP contribution in [0.5, 0.6) is 11.5 Å². The lowest BCUT2D eigenvalue weighted by atomic mass is 10.0. The van der Waals surface area contributed by atoms with Gasteiger partial charge in [0.25, 0.3) is 0 Å². The number of ether oxygens (including phenoxy) is 2. The third kappa shape index (κ3) is 6.10. The van der Waals surface area contributed by atoms with Crippen LogP contribution in [0.1, 0.15) is 38.2 Å². The second kappa shape index (κ2) is 11.2. The summed E-state index contributed by atoms with van der Waals surface area (Å²) in [5.74, 6) is 2.51. The summed E-state index contributed by atoms with van der Waals surface area (Å²) in [5, 5.41) is 4.46. The van der Waals surface area contributed by atoms with Crippen molar-refractivity contribution < 1.29 is 9.47 Å². The second-order valence-electron chi connectivity index (χ2n) is 9.09. The van der Waals surface area contributed by atoms with Gasteiger partial charge < -0.3 is 19.7 Å². The third-order valence-electron chi connectivity index (χ3n) is 6.92. The van der Waals surface area contributed by atoms with Gasteiger partial charge in [-0.15, -0.1) is 11.8 Å². The first-order valence-electron chi connectivity index (χ1n) is 11.9. The topological polar surface area (TPSA) is 37.0 Å². The molecule has 2 aliphatic heterocycles. The van der Waals surface area contributed by atoms with Gasteiger partial charge in [-0.3, -0.25) is 4.90 Å². The average Bonchev–Trinajstić information content (AvgIpc) is 2.84. The van der Waals surface area contributed by atoms with Crippen molar-refractivity contribution >= 4 is 29.1 Å². The number of anilines is 1. The molecule has 1 N–H and O–H groups in total. The Hall–Kier alpha value is -1.60. The van der Waals surface area contributed by atoms with E-state index in [4.69, 9.17) is 21.1 Å². The van der Waals surface area contributed by atoms with Crippen molar-refractivity contribution in [2.75, 3.05) is 45.7 Å². The van der Waals surface area contributed by atoms with Gasteiger partial charge in [0.05, 0.1) is 13.7 Å². The third-order valence-corrected chi connectivity index (χ3v) is 8.57. The van der Waals surface area contributed by atoms with Crippen molar-refractivity contribution in [1.29, 1.82) is 0 Å². The largest absolute Gasteiger partial charge is 0.493 e. The maximum atomic E-state index is 6.02. The van der Waals surface area contributed by atoms with Crippen LogP contribution in [0.25, 0.3) is 0 Å². The van der Waals surface area contributed by atoms with Crippen molar-refractivity contribution in [1.82, 2.24) is 9.80 Å². The Morgan fingerprint density at radius 2 is 1.94 bits per heavy atom. The molecule has 5 nitrogen and oxygen atoms in total. The minimum atomic E-state index is -0.0543. The molecule has 180 valence electrons. The minimum Gasteiger partial charge on any atom is -0.493 e. The zero-order valence-electron chi connectivity index (χ0n) is 20.0. The number of methoxy groups -OCH3 is 1. The number of nitrogens with zero attached hydrogens (tertiary/aromatic N) is 2. The molecule has 0 bridgehead atoms. The van der Waals surface area contributed by atoms with E-state index in [1.807, 2.05) is 23.9 Å². The first-order valence-corrected chi connectivity index (χ1v) is 13.3. The highest BCUT2D eigenvalue weighted by Gasteiger charge is 2.38. The Morgan fingerprint density at radius 3 is 2.73 bits per heavy atom. The zero-order valence-corrected chi connectivity index (χ0v) is 21.6. The molecule has 2 heterocycles. The standard InChI is InChI=1S/C26H36ClN3O2S/c1-26(28-23-9-5-4-8-20(23)19-33-26)29(2)22-12-15-30(16-13-22)14-6-7-17-32-24-11-10-21(27)18-25(24)31-3/h4-5,8-11,18,22,28H,6-7,12-17,19H2,1-3H3. The molecule has 1 fully saturated rings. The van der Waals surface area contributed by atoms with Gasteiger partial charge in [-0.25, -0.2) is 0 Å². The molecule has 1 saturated heterocycles. The molecule has 1 unspecified atom stereocenters. The summed E-state index contributed by atoms with van der Waals surface area (Å²) >= 11 is 8.02. The van der Waals surface area contributed by atoms with Crippen LogP contribution in [-0.4, -0.2) is 61.2 Å². The molecule has 0 saturated carbocycles. The Morgan fingerprint density at radius 1 is 1.15 bits per heavy atom. The Kier molecular flexibility index (Phi) is 8.34. The fraction of sp³-hybridized carbons (Fsp3) is 0.538. The van der Waals surface area contributed by atoms with E-state index in [-0.39, 0.29) is 4.99 Å². The molecule has 0 amide bonds. The van der Waals surface area contributed by atoms with Gasteiger partial charge in [0.1, 0.15) is 4.99 Å². The number of halogens is 1. The van der Waals surface area contributed by atoms with Crippen molar-refractivity contribution in [2.45, 2.75) is 49.4 Å². The van der Waals surface area contributed by atoms with Crippen LogP contribution in [-0.2, 0) is 5.75 Å². The summed E-state index contributed by atoms with van der Waals surface area (Å²) in [4.78, 5) is 5.12. The predicted octanol–water partition coefficient (Wildman–Crippen LogP) is 5.94. The lowest BCUT2D eigenvalue weighted by Gasteiger charge is -2.48. The quantitative estimate of drug-likeness (QED) is 0.439. The molecule has 4 rings (SSSR count). The molecule has 7 heteroatoms. The van der Waals surface area contributed by atoms with E-state index in [0.717, 1.165) is 44.0 Å². The van der Waals surface area contributed by atoms with Crippen LogP contribution in [0.3, 0.4) is 0 Å². The lowest BCUT2D eigenvalue weighted by Crippen LogP contribution is -2.56. The van der Waals surface area contributed by atoms with Crippen LogP contribution in [0.2, 0.25) is 5.02 Å². The molecular formula is C26H36ClN3O2S. The molecule has 2 aromatic carbocycles. The SMILES string of the molecule is COc1cc(Cl)ccc1OCCCCN1CCC(N(C)C2(C)Nc3ccccc3CS2)CC1. The van der Waals surface area contributed by atoms with Gasteiger partial charge in [0, 0.05) is 28.6 Å². The number of fused-ring (bicyclic) bond motifs is 1. The van der Waals surface area contributed by atoms with E-state index in [1.165, 1.54) is 24.1 Å². The highest BCUT2D eigenvalue weighted by Crippen LogP contribution is 2.41. The highest BCUT2D eigenvalue weighted by molar-refractivity contribution is 8.00. The molecule has 0 aliphatic carbocycles. The summed E-state index contributed by atoms with van der Waals surface area (Å²) in [6.07, 6.45) is 4.61. The van der Waals surface area contributed by atoms with Crippen LogP contribution >= 0.6 is 23.4 Å². The van der Waals surface area contributed by atoms with Gasteiger partial charge in [-0.05, 0) is 83.1 Å². The number of rotatable bonds is 9. The first kappa shape index (κ1) is 24.5. The van der Waals surface area contributed by atoms with E-state index in [9.17, 15) is 0 Å². The summed E-state index contributed by atoms with van der Waals surface area (Å²) in [6, 6.07) is 14.8. The number of para-hydroxylation sites is 1. The number of piperidine rings is 1. The van der Waals surface area contributed by atoms with Crippen LogP contribution in [0.4, 0.5) is 5.69 Å². The van der Waals surface area contributed by atoms with Crippen LogP contribution in [0.15, 0.2) is 42.5 Å². The van der Waals surface area contributed by atoms with Crippen molar-refractivity contribution in [3.05, 3.63) is 53.1 Å². The molecule has 0 spiro atoms. The van der Waals surface area contributed by atoms with E-state index < -0.39 is 0 Å². The molecular weight excluding hydrogens is 454 g/mol. The van der Waals surface area contributed by atoms with Crippen molar-refractivity contribution in [3.63, 3.8) is 0 Å². The molecule has 0 aromatic heterocycles. The van der Waals surface area contributed by atoms with E-state index in [2.05, 4.69) is 53.4 Å². The molecule has 2 aromatic rings. The van der Waals surface area contributed by atoms with Crippen molar-refractivity contribution in [2.24, 2.45) is 0 Å². The summed E-state index contributed by atoms with van der Waals surface area (Å²) in [5.41, 5.74) is 2.68. The number of nitrogens with one attached hydrogen (secondary N) is 1. The highest BCUT2D eigenvalue weighted by atomic mass is 35.5. The Labute approximate surface area is 207 Å². The van der Waals surface area contributed by atoms with E-state index in [0.29, 0.717) is 23.4 Å². The first-order chi connectivity index (χ1) is 16.0. The zero-order chi connectivity index (χ0) is 23.3. The average molecular weight is 490 g/mol. The number of likely N-dealkylation sites (tertiary alicyclic amines) is 1. The predicted molar refractivity (Wildman–Crippen MR) is 140 cm³/mol. The summed E-state index contributed by atoms with van der Waals surface area (Å²) < 4.78 is 11.3. The normalized spacial score (nSPS) is 21.5. The molecule has 2 aliphatic rings. The minimum absolute atomic E-state index is 0.0543. The van der Waals surface area contributed by atoms with Crippen molar-refractivity contribution in [3.8, 4) is 11.5 Å². The summed E-state index contributed by atoms with van der Waals surface area (Å²) in [7, 11) is 3.93. The fourth-order valence-corrected chi connectivity index (χ4v) is 6.11. The number of hydrogen-bond acceptors (Lipinski definition) is 6. The second-order valence-corrected chi connectivity index (χ2v) is 10.9. The maximum Gasteiger partial charge on any atom is 0.162 e. The molecule has 1 atom stereocenters. The fourth-order valence-electron chi connectivity index (χ4n) is 4.72. The Bertz CT molecular complexity index is 922. The van der Waals surface area contributed by atoms with E-state index in [1.54, 1.807) is 13.2 Å². The number of unbranched alkanes of at least 4 members (excludes halogenated alkanes) is 1. The smallest absolute Gasteiger partial charge is 0.162 e. The van der Waals surface area contributed by atoms with Crippen LogP contribution in [0, 0.1) is 0 Å². The van der Waals surface area contributed by atoms with Gasteiger partial charge in [-0.2, -0.15) is 0 Å². The molecule has 33 heavy (non-hydrogen) atoms. The van der Waals surface area contributed by atoms with E-state index >= 15 is 0 Å². The Balaban J connectivity index is 1.17. The van der Waals surface area contributed by atoms with Gasteiger partial charge in [0.2, 0.25) is 0 Å². The lowest BCUT2D eigenvalue weighted by molar-refractivity contribution is 0.0965. The monoisotopic (exact) mass is 489 g/mol. The van der Waals surface area contributed by atoms with Crippen LogP contribution < -0.4 is 14.8 Å². The maximum absolute atomic E-state index is 6.02. The van der Waals surface area contributed by atoms with Gasteiger partial charge >= 0.3 is 0 Å². The number of hydrogen-bond donors (Lipinski definition) is 1. The molecule has 0 radical (unpaired) electrons.